The fraction of sp³-hybridized carbons (Fsp3) is 0.684. The van der Waals surface area contributed by atoms with E-state index in [1.54, 1.807) is 0 Å². The Morgan fingerprint density at radius 1 is 1.14 bits per heavy atom. The second-order valence-corrected chi connectivity index (χ2v) is 8.17. The monoisotopic (exact) mass is 300 g/mol. The zero-order chi connectivity index (χ0) is 15.7. The van der Waals surface area contributed by atoms with Crippen molar-refractivity contribution < 1.29 is 14.7 Å². The summed E-state index contributed by atoms with van der Waals surface area (Å²) in [6, 6.07) is 0. The molecule has 118 valence electrons. The number of rotatable bonds is 0. The lowest BCUT2D eigenvalue weighted by atomic mass is 9.48. The molecule has 4 aliphatic carbocycles. The lowest BCUT2D eigenvalue weighted by Crippen LogP contribution is -2.52. The van der Waals surface area contributed by atoms with E-state index in [9.17, 15) is 14.7 Å². The van der Waals surface area contributed by atoms with Crippen LogP contribution in [0.3, 0.4) is 0 Å². The second kappa shape index (κ2) is 4.41. The van der Waals surface area contributed by atoms with Crippen molar-refractivity contribution in [1.29, 1.82) is 0 Å². The van der Waals surface area contributed by atoms with Gasteiger partial charge in [0.25, 0.3) is 0 Å². The predicted octanol–water partition coefficient (Wildman–Crippen LogP) is 2.83. The molecule has 0 radical (unpaired) electrons. The van der Waals surface area contributed by atoms with Crippen LogP contribution in [0, 0.1) is 28.6 Å². The number of carbonyl (C=O) groups is 2. The number of fused-ring (bicyclic) bond motifs is 5. The number of carbonyl (C=O) groups excluding carboxylic acids is 2. The van der Waals surface area contributed by atoms with E-state index in [4.69, 9.17) is 0 Å². The zero-order valence-electron chi connectivity index (χ0n) is 13.3. The van der Waals surface area contributed by atoms with Crippen molar-refractivity contribution in [3.05, 3.63) is 23.8 Å². The van der Waals surface area contributed by atoms with Crippen molar-refractivity contribution in [3.8, 4) is 0 Å². The summed E-state index contributed by atoms with van der Waals surface area (Å²) in [5.41, 5.74) is 0.742. The lowest BCUT2D eigenvalue weighted by molar-refractivity contribution is -0.140. The highest BCUT2D eigenvalue weighted by Gasteiger charge is 2.62. The zero-order valence-corrected chi connectivity index (χ0v) is 13.3. The largest absolute Gasteiger partial charge is 0.385 e. The van der Waals surface area contributed by atoms with E-state index in [0.29, 0.717) is 12.3 Å². The summed E-state index contributed by atoms with van der Waals surface area (Å²) in [4.78, 5) is 25.2. The Hall–Kier alpha value is -1.22. The van der Waals surface area contributed by atoms with Crippen molar-refractivity contribution >= 4 is 11.6 Å². The third-order valence-corrected chi connectivity index (χ3v) is 7.23. The van der Waals surface area contributed by atoms with Gasteiger partial charge in [0.1, 0.15) is 6.10 Å². The van der Waals surface area contributed by atoms with Gasteiger partial charge >= 0.3 is 0 Å². The lowest BCUT2D eigenvalue weighted by Gasteiger charge is -2.54. The third-order valence-electron chi connectivity index (χ3n) is 7.23. The van der Waals surface area contributed by atoms with Gasteiger partial charge in [-0.2, -0.15) is 0 Å². The molecule has 3 nitrogen and oxygen atoms in total. The normalized spacial score (nSPS) is 50.2. The van der Waals surface area contributed by atoms with Crippen LogP contribution in [0.2, 0.25) is 0 Å². The molecular weight excluding hydrogens is 276 g/mol. The molecular formula is C19H24O3. The predicted molar refractivity (Wildman–Crippen MR) is 83.0 cm³/mol. The maximum Gasteiger partial charge on any atom is 0.167 e. The minimum atomic E-state index is -0.869. The Morgan fingerprint density at radius 2 is 1.91 bits per heavy atom. The molecule has 0 amide bonds. The first kappa shape index (κ1) is 14.4. The van der Waals surface area contributed by atoms with Crippen LogP contribution in [-0.4, -0.2) is 22.8 Å². The molecule has 4 rings (SSSR count). The van der Waals surface area contributed by atoms with Crippen molar-refractivity contribution in [3.63, 3.8) is 0 Å². The summed E-state index contributed by atoms with van der Waals surface area (Å²) in [6.07, 6.45) is 9.61. The molecule has 3 heteroatoms. The van der Waals surface area contributed by atoms with E-state index in [1.807, 2.05) is 13.0 Å². The Kier molecular flexibility index (Phi) is 2.88. The first-order valence-corrected chi connectivity index (χ1v) is 8.53. The molecule has 0 aromatic rings. The van der Waals surface area contributed by atoms with Gasteiger partial charge in [-0.05, 0) is 61.0 Å². The van der Waals surface area contributed by atoms with Crippen LogP contribution >= 0.6 is 0 Å². The Labute approximate surface area is 131 Å². The van der Waals surface area contributed by atoms with Crippen LogP contribution in [0.1, 0.15) is 46.0 Å². The van der Waals surface area contributed by atoms with Crippen molar-refractivity contribution in [2.24, 2.45) is 28.6 Å². The standard InChI is InChI=1S/C19H24O3/c1-18-7-4-3-5-11(18)9-14(20)16-12(18)6-8-19(2)13(16)10-15(21)17(19)22/h3,5,9,12-13,15-16,21H,4,6-8,10H2,1-2H3/t12-,13+,15?,16-,18+,19+/m1/s1. The maximum absolute atomic E-state index is 12.8. The molecule has 4 aliphatic rings. The number of aliphatic hydroxyl groups excluding tert-OH is 1. The molecule has 2 saturated carbocycles. The molecule has 1 N–H and O–H groups in total. The smallest absolute Gasteiger partial charge is 0.167 e. The molecule has 0 heterocycles. The highest BCUT2D eigenvalue weighted by Crippen LogP contribution is 2.62. The van der Waals surface area contributed by atoms with Gasteiger partial charge in [-0.3, -0.25) is 9.59 Å². The quantitative estimate of drug-likeness (QED) is 0.748. The van der Waals surface area contributed by atoms with Gasteiger partial charge in [0.2, 0.25) is 0 Å². The van der Waals surface area contributed by atoms with Gasteiger partial charge in [0.05, 0.1) is 0 Å². The Balaban J connectivity index is 1.80. The van der Waals surface area contributed by atoms with Crippen molar-refractivity contribution in [1.82, 2.24) is 0 Å². The molecule has 0 spiro atoms. The number of ketones is 2. The number of hydrogen-bond acceptors (Lipinski definition) is 3. The molecule has 0 saturated heterocycles. The Bertz CT molecular complexity index is 616. The minimum absolute atomic E-state index is 0.0155. The van der Waals surface area contributed by atoms with E-state index in [2.05, 4.69) is 19.1 Å². The van der Waals surface area contributed by atoms with Gasteiger partial charge in [-0.1, -0.05) is 26.0 Å². The molecule has 0 aliphatic heterocycles. The first-order valence-electron chi connectivity index (χ1n) is 8.53. The highest BCUT2D eigenvalue weighted by atomic mass is 16.3. The van der Waals surface area contributed by atoms with Gasteiger partial charge in [-0.25, -0.2) is 0 Å². The van der Waals surface area contributed by atoms with E-state index in [0.717, 1.165) is 25.7 Å². The average molecular weight is 300 g/mol. The van der Waals surface area contributed by atoms with E-state index in [1.165, 1.54) is 5.57 Å². The van der Waals surface area contributed by atoms with Crippen LogP contribution in [0.5, 0.6) is 0 Å². The summed E-state index contributed by atoms with van der Waals surface area (Å²) in [6.45, 7) is 4.27. The van der Waals surface area contributed by atoms with Crippen LogP contribution in [-0.2, 0) is 9.59 Å². The molecule has 1 unspecified atom stereocenters. The van der Waals surface area contributed by atoms with Gasteiger partial charge in [0.15, 0.2) is 11.6 Å². The fourth-order valence-corrected chi connectivity index (χ4v) is 5.84. The van der Waals surface area contributed by atoms with Gasteiger partial charge in [0, 0.05) is 11.3 Å². The second-order valence-electron chi connectivity index (χ2n) is 8.17. The molecule has 0 bridgehead atoms. The number of aliphatic hydroxyl groups is 1. The highest BCUT2D eigenvalue weighted by molar-refractivity contribution is 5.98. The summed E-state index contributed by atoms with van der Waals surface area (Å²) >= 11 is 0. The van der Waals surface area contributed by atoms with Crippen LogP contribution in [0.25, 0.3) is 0 Å². The fourth-order valence-electron chi connectivity index (χ4n) is 5.84. The molecule has 0 aromatic carbocycles. The van der Waals surface area contributed by atoms with Crippen LogP contribution in [0.15, 0.2) is 23.8 Å². The Morgan fingerprint density at radius 3 is 2.68 bits per heavy atom. The van der Waals surface area contributed by atoms with Crippen LogP contribution in [0.4, 0.5) is 0 Å². The molecule has 0 aromatic heterocycles. The molecule has 2 fully saturated rings. The number of allylic oxidation sites excluding steroid dienone is 4. The topological polar surface area (TPSA) is 54.4 Å². The van der Waals surface area contributed by atoms with E-state index >= 15 is 0 Å². The average Bonchev–Trinajstić information content (AvgIpc) is 2.71. The third kappa shape index (κ3) is 1.61. The van der Waals surface area contributed by atoms with E-state index < -0.39 is 11.5 Å². The number of hydrogen-bond donors (Lipinski definition) is 1. The molecule has 22 heavy (non-hydrogen) atoms. The maximum atomic E-state index is 12.8. The van der Waals surface area contributed by atoms with Crippen LogP contribution < -0.4 is 0 Å². The summed E-state index contributed by atoms with van der Waals surface area (Å²) in [7, 11) is 0. The van der Waals surface area contributed by atoms with Gasteiger partial charge < -0.3 is 5.11 Å². The molecule has 6 atom stereocenters. The minimum Gasteiger partial charge on any atom is -0.385 e. The summed E-state index contributed by atoms with van der Waals surface area (Å²) < 4.78 is 0. The first-order chi connectivity index (χ1) is 10.4. The summed E-state index contributed by atoms with van der Waals surface area (Å²) in [5.74, 6) is 0.400. The van der Waals surface area contributed by atoms with Gasteiger partial charge in [-0.15, -0.1) is 0 Å². The van der Waals surface area contributed by atoms with Crippen molar-refractivity contribution in [2.75, 3.05) is 0 Å². The summed E-state index contributed by atoms with van der Waals surface area (Å²) in [5, 5.41) is 10.1. The van der Waals surface area contributed by atoms with Crippen molar-refractivity contribution in [2.45, 2.75) is 52.1 Å². The SMILES string of the molecule is C[C@]12CCC=CC1=CC(=O)[C@@H]1[C@H]2CC[C@]2(C)C(=O)C(O)C[C@@H]12. The van der Waals surface area contributed by atoms with E-state index in [-0.39, 0.29) is 28.8 Å². The number of Topliss-reactive ketones (excluding diaryl/α,β-unsaturated/α-hetero) is 1.